The fourth-order valence-electron chi connectivity index (χ4n) is 1.21. The molecule has 15 heavy (non-hydrogen) atoms. The minimum atomic E-state index is -0.381. The Kier molecular flexibility index (Phi) is 2.80. The molecule has 1 heterocycles. The molecular formula is C10H6BrClFNO. The van der Waals surface area contributed by atoms with E-state index in [1.165, 1.54) is 18.2 Å². The lowest BCUT2D eigenvalue weighted by molar-refractivity contribution is 0.398. The van der Waals surface area contributed by atoms with E-state index >= 15 is 0 Å². The van der Waals surface area contributed by atoms with Crippen LogP contribution in [0, 0.1) is 12.7 Å². The van der Waals surface area contributed by atoms with E-state index in [-0.39, 0.29) is 5.82 Å². The van der Waals surface area contributed by atoms with Crippen LogP contribution in [0.3, 0.4) is 0 Å². The summed E-state index contributed by atoms with van der Waals surface area (Å²) in [4.78, 5) is 0. The van der Waals surface area contributed by atoms with Crippen LogP contribution in [0.15, 0.2) is 27.2 Å². The van der Waals surface area contributed by atoms with E-state index < -0.39 is 0 Å². The molecule has 0 amide bonds. The highest BCUT2D eigenvalue weighted by atomic mass is 79.9. The van der Waals surface area contributed by atoms with Crippen molar-refractivity contribution in [3.8, 4) is 11.3 Å². The third-order valence-corrected chi connectivity index (χ3v) is 3.14. The van der Waals surface area contributed by atoms with Crippen LogP contribution in [0.5, 0.6) is 0 Å². The fraction of sp³-hybridized carbons (Fsp3) is 0.100. The summed E-state index contributed by atoms with van der Waals surface area (Å²) in [6, 6.07) is 4.30. The minimum absolute atomic E-state index is 0.325. The van der Waals surface area contributed by atoms with Gasteiger partial charge in [0.2, 0.25) is 0 Å². The highest BCUT2D eigenvalue weighted by molar-refractivity contribution is 9.10. The van der Waals surface area contributed by atoms with Gasteiger partial charge in [-0.2, -0.15) is 0 Å². The molecule has 2 nitrogen and oxygen atoms in total. The first-order valence-corrected chi connectivity index (χ1v) is 5.34. The molecule has 78 valence electrons. The number of rotatable bonds is 1. The second-order valence-electron chi connectivity index (χ2n) is 3.03. The number of benzene rings is 1. The summed E-state index contributed by atoms with van der Waals surface area (Å²) in [5.41, 5.74) is 0.749. The Hall–Kier alpha value is -0.870. The molecule has 0 aliphatic heterocycles. The maximum Gasteiger partial charge on any atom is 0.148 e. The van der Waals surface area contributed by atoms with Crippen molar-refractivity contribution in [1.29, 1.82) is 0 Å². The summed E-state index contributed by atoms with van der Waals surface area (Å²) in [6.45, 7) is 1.74. The van der Waals surface area contributed by atoms with Crippen molar-refractivity contribution in [1.82, 2.24) is 5.16 Å². The standard InChI is InChI=1S/C10H6BrClFNO/c1-5-9(11)10(14-15-5)7-4-6(12)2-3-8(7)13/h2-4H,1H3. The summed E-state index contributed by atoms with van der Waals surface area (Å²) >= 11 is 9.07. The molecule has 0 spiro atoms. The van der Waals surface area contributed by atoms with Crippen LogP contribution >= 0.6 is 27.5 Å². The van der Waals surface area contributed by atoms with Crippen molar-refractivity contribution >= 4 is 27.5 Å². The molecule has 1 aromatic carbocycles. The Morgan fingerprint density at radius 2 is 2.20 bits per heavy atom. The molecule has 1 aromatic heterocycles. The van der Waals surface area contributed by atoms with E-state index in [9.17, 15) is 4.39 Å². The second-order valence-corrected chi connectivity index (χ2v) is 4.25. The molecule has 0 atom stereocenters. The largest absolute Gasteiger partial charge is 0.360 e. The van der Waals surface area contributed by atoms with Gasteiger partial charge in [0.05, 0.1) is 4.47 Å². The molecule has 0 aliphatic carbocycles. The summed E-state index contributed by atoms with van der Waals surface area (Å²) in [5, 5.41) is 4.22. The van der Waals surface area contributed by atoms with Crippen LogP contribution in [-0.4, -0.2) is 5.16 Å². The average molecular weight is 291 g/mol. The first-order chi connectivity index (χ1) is 7.09. The average Bonchev–Trinajstić information content (AvgIpc) is 2.52. The highest BCUT2D eigenvalue weighted by Crippen LogP contribution is 2.32. The van der Waals surface area contributed by atoms with E-state index in [2.05, 4.69) is 21.1 Å². The van der Waals surface area contributed by atoms with Crippen molar-refractivity contribution in [2.24, 2.45) is 0 Å². The van der Waals surface area contributed by atoms with Gasteiger partial charge in [-0.25, -0.2) is 4.39 Å². The quantitative estimate of drug-likeness (QED) is 0.786. The molecule has 0 saturated carbocycles. The molecule has 2 aromatic rings. The maximum atomic E-state index is 13.5. The first-order valence-electron chi connectivity index (χ1n) is 4.17. The first kappa shape index (κ1) is 10.6. The van der Waals surface area contributed by atoms with Crippen LogP contribution in [-0.2, 0) is 0 Å². The molecule has 0 unspecified atom stereocenters. The zero-order valence-corrected chi connectivity index (χ0v) is 10.1. The van der Waals surface area contributed by atoms with Crippen molar-refractivity contribution in [3.05, 3.63) is 39.3 Å². The van der Waals surface area contributed by atoms with E-state index in [0.29, 0.717) is 26.5 Å². The molecule has 0 radical (unpaired) electrons. The Balaban J connectivity index is 2.63. The van der Waals surface area contributed by atoms with Gasteiger partial charge >= 0.3 is 0 Å². The summed E-state index contributed by atoms with van der Waals surface area (Å²) in [5.74, 6) is 0.220. The molecule has 0 N–H and O–H groups in total. The Morgan fingerprint density at radius 1 is 1.47 bits per heavy atom. The van der Waals surface area contributed by atoms with Crippen LogP contribution in [0.2, 0.25) is 5.02 Å². The molecule has 0 saturated heterocycles. The lowest BCUT2D eigenvalue weighted by Crippen LogP contribution is -1.85. The predicted molar refractivity (Wildman–Crippen MR) is 59.3 cm³/mol. The highest BCUT2D eigenvalue weighted by Gasteiger charge is 2.15. The predicted octanol–water partition coefficient (Wildman–Crippen LogP) is 4.21. The van der Waals surface area contributed by atoms with Gasteiger partial charge in [0, 0.05) is 10.6 Å². The minimum Gasteiger partial charge on any atom is -0.360 e. The van der Waals surface area contributed by atoms with Crippen molar-refractivity contribution in [3.63, 3.8) is 0 Å². The monoisotopic (exact) mass is 289 g/mol. The van der Waals surface area contributed by atoms with E-state index in [0.717, 1.165) is 0 Å². The molecule has 0 aliphatic rings. The molecule has 2 rings (SSSR count). The van der Waals surface area contributed by atoms with Gasteiger partial charge in [-0.05, 0) is 41.1 Å². The van der Waals surface area contributed by atoms with Gasteiger partial charge in [0.1, 0.15) is 17.3 Å². The SMILES string of the molecule is Cc1onc(-c2cc(Cl)ccc2F)c1Br. The van der Waals surface area contributed by atoms with Crippen molar-refractivity contribution in [2.45, 2.75) is 6.92 Å². The molecular weight excluding hydrogens is 284 g/mol. The van der Waals surface area contributed by atoms with E-state index in [4.69, 9.17) is 16.1 Å². The topological polar surface area (TPSA) is 26.0 Å². The number of nitrogens with zero attached hydrogens (tertiary/aromatic N) is 1. The van der Waals surface area contributed by atoms with Gasteiger partial charge in [0.15, 0.2) is 0 Å². The van der Waals surface area contributed by atoms with Crippen molar-refractivity contribution < 1.29 is 8.91 Å². The normalized spacial score (nSPS) is 10.7. The van der Waals surface area contributed by atoms with Crippen molar-refractivity contribution in [2.75, 3.05) is 0 Å². The Bertz CT molecular complexity index is 512. The smallest absolute Gasteiger partial charge is 0.148 e. The fourth-order valence-corrected chi connectivity index (χ4v) is 1.74. The third-order valence-electron chi connectivity index (χ3n) is 1.97. The van der Waals surface area contributed by atoms with Gasteiger partial charge in [0.25, 0.3) is 0 Å². The number of halogens is 3. The number of aryl methyl sites for hydroxylation is 1. The molecule has 5 heteroatoms. The number of hydrogen-bond acceptors (Lipinski definition) is 2. The Morgan fingerprint density at radius 3 is 2.80 bits per heavy atom. The zero-order valence-electron chi connectivity index (χ0n) is 7.72. The van der Waals surface area contributed by atoms with Gasteiger partial charge in [-0.3, -0.25) is 0 Å². The second kappa shape index (κ2) is 3.94. The van der Waals surface area contributed by atoms with Crippen LogP contribution in [0.1, 0.15) is 5.76 Å². The van der Waals surface area contributed by atoms with Crippen LogP contribution in [0.4, 0.5) is 4.39 Å². The number of hydrogen-bond donors (Lipinski definition) is 0. The van der Waals surface area contributed by atoms with Gasteiger partial charge in [-0.15, -0.1) is 0 Å². The third kappa shape index (κ3) is 1.92. The van der Waals surface area contributed by atoms with E-state index in [1.54, 1.807) is 6.92 Å². The van der Waals surface area contributed by atoms with E-state index in [1.807, 2.05) is 0 Å². The zero-order chi connectivity index (χ0) is 11.0. The maximum absolute atomic E-state index is 13.5. The van der Waals surface area contributed by atoms with Gasteiger partial charge in [-0.1, -0.05) is 16.8 Å². The summed E-state index contributed by atoms with van der Waals surface area (Å²) in [6.07, 6.45) is 0. The lowest BCUT2D eigenvalue weighted by atomic mass is 10.1. The molecule has 0 fully saturated rings. The lowest BCUT2D eigenvalue weighted by Gasteiger charge is -1.99. The van der Waals surface area contributed by atoms with Gasteiger partial charge < -0.3 is 4.52 Å². The Labute approximate surface area is 99.2 Å². The van der Waals surface area contributed by atoms with Crippen LogP contribution in [0.25, 0.3) is 11.3 Å². The molecule has 0 bridgehead atoms. The number of aromatic nitrogens is 1. The summed E-state index contributed by atoms with van der Waals surface area (Å²) < 4.78 is 19.1. The summed E-state index contributed by atoms with van der Waals surface area (Å²) in [7, 11) is 0. The van der Waals surface area contributed by atoms with Crippen LogP contribution < -0.4 is 0 Å².